The maximum Gasteiger partial charge on any atom is 0.178 e. The summed E-state index contributed by atoms with van der Waals surface area (Å²) in [4.78, 5) is 4.34. The average Bonchev–Trinajstić information content (AvgIpc) is 3.13. The Morgan fingerprint density at radius 2 is 1.95 bits per heavy atom. The van der Waals surface area contributed by atoms with Gasteiger partial charge in [-0.3, -0.25) is 4.98 Å². The van der Waals surface area contributed by atoms with Gasteiger partial charge in [0.2, 0.25) is 0 Å². The molecule has 5 nitrogen and oxygen atoms in total. The van der Waals surface area contributed by atoms with Crippen LogP contribution in [0.15, 0.2) is 47.1 Å². The Balaban J connectivity index is 1.87. The summed E-state index contributed by atoms with van der Waals surface area (Å²) in [6.45, 7) is 1.30. The number of ether oxygens (including phenoxy) is 1. The van der Waals surface area contributed by atoms with Crippen LogP contribution in [0.25, 0.3) is 22.6 Å². The van der Waals surface area contributed by atoms with Crippen molar-refractivity contribution in [3.63, 3.8) is 0 Å². The fourth-order valence-corrected chi connectivity index (χ4v) is 2.57. The average molecular weight is 279 g/mol. The van der Waals surface area contributed by atoms with Crippen LogP contribution in [0.4, 0.5) is 5.82 Å². The summed E-state index contributed by atoms with van der Waals surface area (Å²) >= 11 is 0. The van der Waals surface area contributed by atoms with Gasteiger partial charge >= 0.3 is 0 Å². The normalized spacial score (nSPS) is 13.3. The van der Waals surface area contributed by atoms with Crippen molar-refractivity contribution in [1.29, 1.82) is 0 Å². The maximum absolute atomic E-state index is 5.95. The van der Waals surface area contributed by atoms with Gasteiger partial charge in [-0.2, -0.15) is 0 Å². The van der Waals surface area contributed by atoms with Crippen LogP contribution in [-0.2, 0) is 18.0 Å². The highest BCUT2D eigenvalue weighted by molar-refractivity contribution is 5.85. The number of rotatable bonds is 2. The van der Waals surface area contributed by atoms with Crippen molar-refractivity contribution >= 4 is 5.82 Å². The molecular weight excluding hydrogens is 266 g/mol. The Bertz CT molecular complexity index is 797. The molecule has 1 aromatic carbocycles. The number of fused-ring (bicyclic) bond motifs is 1. The number of hydrogen-bond donors (Lipinski definition) is 1. The number of benzene rings is 1. The molecule has 0 unspecified atom stereocenters. The summed E-state index contributed by atoms with van der Waals surface area (Å²) in [7, 11) is 0. The smallest absolute Gasteiger partial charge is 0.178 e. The van der Waals surface area contributed by atoms with Crippen molar-refractivity contribution in [1.82, 2.24) is 10.1 Å². The van der Waals surface area contributed by atoms with E-state index in [0.717, 1.165) is 16.8 Å². The Hall–Kier alpha value is -2.66. The summed E-state index contributed by atoms with van der Waals surface area (Å²) in [5, 5.41) is 3.89. The molecule has 1 aliphatic heterocycles. The van der Waals surface area contributed by atoms with Gasteiger partial charge in [-0.05, 0) is 29.3 Å². The molecule has 0 saturated heterocycles. The van der Waals surface area contributed by atoms with Crippen LogP contribution in [0.1, 0.15) is 11.1 Å². The van der Waals surface area contributed by atoms with Gasteiger partial charge in [0.15, 0.2) is 11.6 Å². The zero-order valence-electron chi connectivity index (χ0n) is 11.2. The number of hydrogen-bond acceptors (Lipinski definition) is 5. The molecule has 0 fully saturated rings. The van der Waals surface area contributed by atoms with Crippen molar-refractivity contribution in [3.05, 3.63) is 53.7 Å². The van der Waals surface area contributed by atoms with Crippen LogP contribution < -0.4 is 5.73 Å². The van der Waals surface area contributed by atoms with Gasteiger partial charge in [-0.1, -0.05) is 23.4 Å². The van der Waals surface area contributed by atoms with E-state index in [1.165, 1.54) is 11.1 Å². The molecule has 0 spiro atoms. The minimum Gasteiger partial charge on any atom is -0.380 e. The van der Waals surface area contributed by atoms with Crippen molar-refractivity contribution in [2.75, 3.05) is 5.73 Å². The second kappa shape index (κ2) is 4.71. The van der Waals surface area contributed by atoms with Gasteiger partial charge in [0.1, 0.15) is 0 Å². The van der Waals surface area contributed by atoms with Crippen molar-refractivity contribution in [3.8, 4) is 22.6 Å². The number of aromatic nitrogens is 2. The van der Waals surface area contributed by atoms with E-state index in [9.17, 15) is 0 Å². The fourth-order valence-electron chi connectivity index (χ4n) is 2.57. The third-order valence-corrected chi connectivity index (χ3v) is 3.62. The van der Waals surface area contributed by atoms with Gasteiger partial charge in [-0.25, -0.2) is 0 Å². The molecule has 0 aliphatic carbocycles. The summed E-state index contributed by atoms with van der Waals surface area (Å²) < 4.78 is 10.9. The molecule has 2 aromatic heterocycles. The van der Waals surface area contributed by atoms with E-state index in [-0.39, 0.29) is 0 Å². The molecule has 0 amide bonds. The van der Waals surface area contributed by atoms with Gasteiger partial charge in [-0.15, -0.1) is 0 Å². The Labute approximate surface area is 121 Å². The SMILES string of the molecule is Nc1noc(-c2ccc3c(c2)COC3)c1-c1ccccn1. The van der Waals surface area contributed by atoms with E-state index >= 15 is 0 Å². The van der Waals surface area contributed by atoms with Crippen molar-refractivity contribution in [2.45, 2.75) is 13.2 Å². The van der Waals surface area contributed by atoms with Gasteiger partial charge in [0.25, 0.3) is 0 Å². The highest BCUT2D eigenvalue weighted by atomic mass is 16.5. The first-order valence-corrected chi connectivity index (χ1v) is 6.69. The predicted molar refractivity (Wildman–Crippen MR) is 78.1 cm³/mol. The fraction of sp³-hybridized carbons (Fsp3) is 0.125. The standard InChI is InChI=1S/C16H13N3O2/c17-16-14(13-3-1-2-6-18-13)15(21-19-16)10-4-5-11-8-20-9-12(11)7-10/h1-7H,8-9H2,(H2,17,19). The summed E-state index contributed by atoms with van der Waals surface area (Å²) in [5.74, 6) is 0.987. The van der Waals surface area contributed by atoms with E-state index < -0.39 is 0 Å². The van der Waals surface area contributed by atoms with E-state index in [4.69, 9.17) is 15.0 Å². The molecule has 2 N–H and O–H groups in total. The highest BCUT2D eigenvalue weighted by Crippen LogP contribution is 2.36. The van der Waals surface area contributed by atoms with Crippen molar-refractivity contribution in [2.24, 2.45) is 0 Å². The second-order valence-corrected chi connectivity index (χ2v) is 4.96. The third-order valence-electron chi connectivity index (χ3n) is 3.62. The largest absolute Gasteiger partial charge is 0.380 e. The summed E-state index contributed by atoms with van der Waals surface area (Å²) in [5.41, 5.74) is 10.8. The first-order valence-electron chi connectivity index (χ1n) is 6.69. The number of nitrogens with two attached hydrogens (primary N) is 1. The maximum atomic E-state index is 5.95. The van der Waals surface area contributed by atoms with Crippen LogP contribution in [0.2, 0.25) is 0 Å². The molecule has 0 saturated carbocycles. The van der Waals surface area contributed by atoms with E-state index in [0.29, 0.717) is 24.8 Å². The molecule has 21 heavy (non-hydrogen) atoms. The minimum atomic E-state index is 0.348. The molecule has 4 rings (SSSR count). The summed E-state index contributed by atoms with van der Waals surface area (Å²) in [6, 6.07) is 11.8. The number of anilines is 1. The molecule has 0 atom stereocenters. The number of nitrogen functional groups attached to an aromatic ring is 1. The van der Waals surface area contributed by atoms with Gasteiger partial charge in [0, 0.05) is 11.8 Å². The van der Waals surface area contributed by atoms with Gasteiger partial charge in [0.05, 0.1) is 24.5 Å². The predicted octanol–water partition coefficient (Wildman–Crippen LogP) is 3.02. The minimum absolute atomic E-state index is 0.348. The van der Waals surface area contributed by atoms with E-state index in [1.54, 1.807) is 6.20 Å². The van der Waals surface area contributed by atoms with Crippen LogP contribution in [-0.4, -0.2) is 10.1 Å². The topological polar surface area (TPSA) is 74.2 Å². The summed E-state index contributed by atoms with van der Waals surface area (Å²) in [6.07, 6.45) is 1.72. The molecular formula is C16H13N3O2. The van der Waals surface area contributed by atoms with Crippen LogP contribution in [0.3, 0.4) is 0 Å². The van der Waals surface area contributed by atoms with E-state index in [1.807, 2.05) is 24.3 Å². The second-order valence-electron chi connectivity index (χ2n) is 4.96. The Morgan fingerprint density at radius 3 is 2.81 bits per heavy atom. The molecule has 3 heterocycles. The quantitative estimate of drug-likeness (QED) is 0.780. The van der Waals surface area contributed by atoms with E-state index in [2.05, 4.69) is 22.3 Å². The van der Waals surface area contributed by atoms with Crippen LogP contribution in [0.5, 0.6) is 0 Å². The lowest BCUT2D eigenvalue weighted by atomic mass is 10.0. The van der Waals surface area contributed by atoms with Gasteiger partial charge < -0.3 is 15.0 Å². The highest BCUT2D eigenvalue weighted by Gasteiger charge is 2.20. The van der Waals surface area contributed by atoms with Crippen LogP contribution in [0, 0.1) is 0 Å². The number of pyridine rings is 1. The Kier molecular flexibility index (Phi) is 2.72. The molecule has 5 heteroatoms. The lowest BCUT2D eigenvalue weighted by Gasteiger charge is -2.04. The molecule has 1 aliphatic rings. The lowest BCUT2D eigenvalue weighted by molar-refractivity contribution is 0.134. The molecule has 0 radical (unpaired) electrons. The van der Waals surface area contributed by atoms with Crippen molar-refractivity contribution < 1.29 is 9.26 Å². The monoisotopic (exact) mass is 279 g/mol. The Morgan fingerprint density at radius 1 is 1.05 bits per heavy atom. The van der Waals surface area contributed by atoms with Crippen LogP contribution >= 0.6 is 0 Å². The first-order chi connectivity index (χ1) is 10.3. The number of nitrogens with zero attached hydrogens (tertiary/aromatic N) is 2. The molecule has 3 aromatic rings. The third kappa shape index (κ3) is 1.98. The lowest BCUT2D eigenvalue weighted by Crippen LogP contribution is -1.91. The molecule has 0 bridgehead atoms. The first kappa shape index (κ1) is 12.1. The zero-order valence-corrected chi connectivity index (χ0v) is 11.2. The zero-order chi connectivity index (χ0) is 14.2. The molecule has 104 valence electrons.